The number of likely N-dealkylation sites (tertiary alicyclic amines) is 1. The minimum absolute atomic E-state index is 0.0158. The van der Waals surface area contributed by atoms with E-state index in [9.17, 15) is 4.79 Å². The van der Waals surface area contributed by atoms with Crippen molar-refractivity contribution in [3.05, 3.63) is 59.4 Å². The Morgan fingerprint density at radius 3 is 2.74 bits per heavy atom. The van der Waals surface area contributed by atoms with Crippen LogP contribution < -0.4 is 10.1 Å². The van der Waals surface area contributed by atoms with Gasteiger partial charge in [-0.1, -0.05) is 28.9 Å². The molecule has 1 aliphatic rings. The number of ether oxygens (including phenoxy) is 1. The zero-order chi connectivity index (χ0) is 21.8. The fourth-order valence-corrected chi connectivity index (χ4v) is 3.90. The lowest BCUT2D eigenvalue weighted by atomic mass is 9.97. The van der Waals surface area contributed by atoms with E-state index in [2.05, 4.69) is 20.4 Å². The smallest absolute Gasteiger partial charge is 0.257 e. The van der Waals surface area contributed by atoms with E-state index in [1.165, 1.54) is 5.56 Å². The molecule has 3 aromatic rings. The molecule has 7 nitrogen and oxygen atoms in total. The molecule has 31 heavy (non-hydrogen) atoms. The molecule has 0 aliphatic carbocycles. The van der Waals surface area contributed by atoms with Gasteiger partial charge in [0.05, 0.1) is 25.3 Å². The van der Waals surface area contributed by atoms with Gasteiger partial charge in [0.2, 0.25) is 5.91 Å². The van der Waals surface area contributed by atoms with E-state index < -0.39 is 0 Å². The number of benzene rings is 2. The average Bonchev–Trinajstić information content (AvgIpc) is 3.23. The number of aromatic nitrogens is 2. The van der Waals surface area contributed by atoms with Crippen LogP contribution in [0.5, 0.6) is 5.75 Å². The number of hydrogen-bond donors (Lipinski definition) is 1. The first-order valence-corrected chi connectivity index (χ1v) is 10.6. The predicted molar refractivity (Wildman–Crippen MR) is 119 cm³/mol. The van der Waals surface area contributed by atoms with E-state index >= 15 is 0 Å². The topological polar surface area (TPSA) is 80.5 Å². The summed E-state index contributed by atoms with van der Waals surface area (Å²) in [5.41, 5.74) is 3.88. The van der Waals surface area contributed by atoms with Crippen LogP contribution >= 0.6 is 0 Å². The van der Waals surface area contributed by atoms with E-state index in [0.717, 1.165) is 30.5 Å². The highest BCUT2D eigenvalue weighted by Gasteiger charge is 2.27. The van der Waals surface area contributed by atoms with Crippen LogP contribution in [0.2, 0.25) is 0 Å². The van der Waals surface area contributed by atoms with E-state index in [0.29, 0.717) is 36.2 Å². The van der Waals surface area contributed by atoms with Crippen molar-refractivity contribution in [3.63, 3.8) is 0 Å². The Hall–Kier alpha value is -3.19. The number of aryl methyl sites for hydroxylation is 2. The molecule has 4 rings (SSSR count). The van der Waals surface area contributed by atoms with Crippen LogP contribution in [0.25, 0.3) is 11.5 Å². The summed E-state index contributed by atoms with van der Waals surface area (Å²) in [4.78, 5) is 19.7. The maximum Gasteiger partial charge on any atom is 0.257 e. The first kappa shape index (κ1) is 21.1. The Morgan fingerprint density at radius 2 is 1.97 bits per heavy atom. The summed E-state index contributed by atoms with van der Waals surface area (Å²) >= 11 is 0. The van der Waals surface area contributed by atoms with Gasteiger partial charge < -0.3 is 14.6 Å². The molecule has 0 radical (unpaired) electrons. The number of anilines is 1. The normalized spacial score (nSPS) is 16.8. The summed E-state index contributed by atoms with van der Waals surface area (Å²) < 4.78 is 10.8. The molecule has 0 bridgehead atoms. The lowest BCUT2D eigenvalue weighted by molar-refractivity contribution is -0.121. The van der Waals surface area contributed by atoms with Crippen LogP contribution in [0.1, 0.15) is 29.8 Å². The number of methoxy groups -OCH3 is 1. The molecule has 1 fully saturated rings. The Balaban J connectivity index is 1.38. The predicted octanol–water partition coefficient (Wildman–Crippen LogP) is 4.21. The lowest BCUT2D eigenvalue weighted by Gasteiger charge is -2.31. The SMILES string of the molecule is COc1ccc(C)cc1NC(=O)C1CCCN(Cc2noc(-c3ccc(C)cc3)n2)C1. The van der Waals surface area contributed by atoms with Crippen molar-refractivity contribution in [2.75, 3.05) is 25.5 Å². The number of carbonyl (C=O) groups is 1. The molecule has 2 heterocycles. The summed E-state index contributed by atoms with van der Waals surface area (Å²) in [5, 5.41) is 7.18. The van der Waals surface area contributed by atoms with Crippen LogP contribution in [0.4, 0.5) is 5.69 Å². The van der Waals surface area contributed by atoms with Gasteiger partial charge in [-0.15, -0.1) is 0 Å². The minimum Gasteiger partial charge on any atom is -0.495 e. The van der Waals surface area contributed by atoms with Crippen LogP contribution in [-0.4, -0.2) is 41.1 Å². The third-order valence-electron chi connectivity index (χ3n) is 5.62. The third-order valence-corrected chi connectivity index (χ3v) is 5.62. The van der Waals surface area contributed by atoms with E-state index in [1.807, 2.05) is 56.3 Å². The van der Waals surface area contributed by atoms with Gasteiger partial charge in [-0.25, -0.2) is 0 Å². The highest BCUT2D eigenvalue weighted by Crippen LogP contribution is 2.27. The number of nitrogens with zero attached hydrogens (tertiary/aromatic N) is 3. The van der Waals surface area contributed by atoms with Crippen LogP contribution in [0, 0.1) is 19.8 Å². The number of rotatable bonds is 6. The summed E-state index contributed by atoms with van der Waals surface area (Å²) in [6.45, 7) is 6.17. The van der Waals surface area contributed by atoms with Gasteiger partial charge in [0.1, 0.15) is 5.75 Å². The van der Waals surface area contributed by atoms with Crippen molar-refractivity contribution >= 4 is 11.6 Å². The second kappa shape index (κ2) is 9.31. The number of carbonyl (C=O) groups excluding carboxylic acids is 1. The van der Waals surface area contributed by atoms with Gasteiger partial charge in [-0.05, 0) is 63.1 Å². The van der Waals surface area contributed by atoms with Gasteiger partial charge in [0, 0.05) is 12.1 Å². The Bertz CT molecular complexity index is 1050. The molecule has 1 N–H and O–H groups in total. The Kier molecular flexibility index (Phi) is 6.32. The van der Waals surface area contributed by atoms with Crippen LogP contribution in [0.3, 0.4) is 0 Å². The van der Waals surface area contributed by atoms with Gasteiger partial charge in [-0.2, -0.15) is 4.98 Å². The molecule has 1 aliphatic heterocycles. The average molecular weight is 421 g/mol. The van der Waals surface area contributed by atoms with Crippen molar-refractivity contribution in [1.82, 2.24) is 15.0 Å². The van der Waals surface area contributed by atoms with Gasteiger partial charge >= 0.3 is 0 Å². The number of amides is 1. The number of hydrogen-bond acceptors (Lipinski definition) is 6. The maximum atomic E-state index is 12.9. The molecule has 0 spiro atoms. The first-order chi connectivity index (χ1) is 15.0. The number of piperidine rings is 1. The standard InChI is InChI=1S/C24H28N4O3/c1-16-6-9-18(10-7-16)24-26-22(27-31-24)15-28-12-4-5-19(14-28)23(29)25-20-13-17(2)8-11-21(20)30-3/h6-11,13,19H,4-5,12,14-15H2,1-3H3,(H,25,29). The summed E-state index contributed by atoms with van der Waals surface area (Å²) in [6, 6.07) is 13.8. The van der Waals surface area contributed by atoms with Crippen molar-refractivity contribution in [1.29, 1.82) is 0 Å². The molecule has 7 heteroatoms. The molecule has 1 aromatic heterocycles. The van der Waals surface area contributed by atoms with Crippen molar-refractivity contribution in [3.8, 4) is 17.2 Å². The van der Waals surface area contributed by atoms with Crippen molar-refractivity contribution in [2.24, 2.45) is 5.92 Å². The quantitative estimate of drug-likeness (QED) is 0.643. The lowest BCUT2D eigenvalue weighted by Crippen LogP contribution is -2.40. The molecular formula is C24H28N4O3. The van der Waals surface area contributed by atoms with Crippen molar-refractivity contribution in [2.45, 2.75) is 33.2 Å². The molecule has 1 unspecified atom stereocenters. The summed E-state index contributed by atoms with van der Waals surface area (Å²) in [6.07, 6.45) is 1.81. The van der Waals surface area contributed by atoms with Crippen molar-refractivity contribution < 1.29 is 14.1 Å². The Labute approximate surface area is 182 Å². The molecule has 1 amide bonds. The molecule has 0 saturated carbocycles. The number of nitrogens with one attached hydrogen (secondary N) is 1. The van der Waals surface area contributed by atoms with Gasteiger partial charge in [0.25, 0.3) is 5.89 Å². The molecule has 162 valence electrons. The fraction of sp³-hybridized carbons (Fsp3) is 0.375. The minimum atomic E-state index is -0.0950. The molecular weight excluding hydrogens is 392 g/mol. The summed E-state index contributed by atoms with van der Waals surface area (Å²) in [5.74, 6) is 1.75. The second-order valence-electron chi connectivity index (χ2n) is 8.15. The zero-order valence-corrected chi connectivity index (χ0v) is 18.2. The second-order valence-corrected chi connectivity index (χ2v) is 8.15. The van der Waals surface area contributed by atoms with E-state index in [4.69, 9.17) is 9.26 Å². The monoisotopic (exact) mass is 420 g/mol. The Morgan fingerprint density at radius 1 is 1.19 bits per heavy atom. The van der Waals surface area contributed by atoms with E-state index in [-0.39, 0.29) is 11.8 Å². The van der Waals surface area contributed by atoms with Crippen LogP contribution in [0.15, 0.2) is 47.0 Å². The van der Waals surface area contributed by atoms with Gasteiger partial charge in [-0.3, -0.25) is 9.69 Å². The van der Waals surface area contributed by atoms with Gasteiger partial charge in [0.15, 0.2) is 5.82 Å². The highest BCUT2D eigenvalue weighted by molar-refractivity contribution is 5.94. The largest absolute Gasteiger partial charge is 0.495 e. The first-order valence-electron chi connectivity index (χ1n) is 10.6. The zero-order valence-electron chi connectivity index (χ0n) is 18.2. The maximum absolute atomic E-state index is 12.9. The molecule has 1 atom stereocenters. The third kappa shape index (κ3) is 5.11. The molecule has 1 saturated heterocycles. The fourth-order valence-electron chi connectivity index (χ4n) is 3.90. The van der Waals surface area contributed by atoms with Crippen LogP contribution in [-0.2, 0) is 11.3 Å². The summed E-state index contributed by atoms with van der Waals surface area (Å²) in [7, 11) is 1.61. The highest BCUT2D eigenvalue weighted by atomic mass is 16.5. The molecule has 2 aromatic carbocycles. The van der Waals surface area contributed by atoms with E-state index in [1.54, 1.807) is 7.11 Å².